The summed E-state index contributed by atoms with van der Waals surface area (Å²) in [5, 5.41) is 1.51. The van der Waals surface area contributed by atoms with E-state index in [9.17, 15) is 4.79 Å². The van der Waals surface area contributed by atoms with Gasteiger partial charge in [-0.2, -0.15) is 0 Å². The molecule has 1 aromatic carbocycles. The molecule has 3 aromatic rings. The number of halogens is 1. The number of anilines is 2. The number of nitrogens with one attached hydrogen (secondary N) is 1. The van der Waals surface area contributed by atoms with Crippen LogP contribution in [0.25, 0.3) is 11.1 Å². The molecule has 0 aliphatic rings. The first-order chi connectivity index (χ1) is 14.4. The highest BCUT2D eigenvalue weighted by Gasteiger charge is 2.23. The molecular formula is C22H25FN6O. The Balaban J connectivity index is 2.09. The van der Waals surface area contributed by atoms with Crippen molar-refractivity contribution in [3.05, 3.63) is 72.4 Å². The molecular weight excluding hydrogens is 383 g/mol. The average molecular weight is 408 g/mol. The molecule has 0 saturated heterocycles. The summed E-state index contributed by atoms with van der Waals surface area (Å²) < 4.78 is 15.6. The second-order valence-corrected chi connectivity index (χ2v) is 6.99. The molecule has 2 heterocycles. The third-order valence-corrected chi connectivity index (χ3v) is 4.82. The number of amides is 1. The number of aromatic nitrogens is 2. The Kier molecular flexibility index (Phi) is 6.71. The zero-order valence-corrected chi connectivity index (χ0v) is 16.9. The van der Waals surface area contributed by atoms with Gasteiger partial charge < -0.3 is 11.5 Å². The van der Waals surface area contributed by atoms with Crippen LogP contribution in [0.1, 0.15) is 30.6 Å². The first-order valence-electron chi connectivity index (χ1n) is 9.69. The minimum absolute atomic E-state index is 0.151. The first kappa shape index (κ1) is 21.4. The van der Waals surface area contributed by atoms with Gasteiger partial charge in [-0.3, -0.25) is 14.8 Å². The van der Waals surface area contributed by atoms with E-state index in [-0.39, 0.29) is 23.3 Å². The largest absolute Gasteiger partial charge is 0.366 e. The van der Waals surface area contributed by atoms with E-state index in [4.69, 9.17) is 11.5 Å². The number of benzene rings is 1. The normalized spacial score (nSPS) is 12.9. The van der Waals surface area contributed by atoms with Crippen LogP contribution in [0.5, 0.6) is 0 Å². The number of rotatable bonds is 8. The molecule has 7 nitrogen and oxygen atoms in total. The minimum atomic E-state index is -0.588. The van der Waals surface area contributed by atoms with Crippen LogP contribution in [0.15, 0.2) is 61.1 Å². The molecule has 156 valence electrons. The van der Waals surface area contributed by atoms with E-state index in [1.807, 2.05) is 44.2 Å². The number of hydrazine groups is 1. The molecule has 8 heteroatoms. The van der Waals surface area contributed by atoms with Crippen molar-refractivity contribution in [2.45, 2.75) is 32.4 Å². The molecule has 0 saturated carbocycles. The van der Waals surface area contributed by atoms with Crippen LogP contribution >= 0.6 is 0 Å². The summed E-state index contributed by atoms with van der Waals surface area (Å²) in [6.07, 6.45) is 4.97. The Hall–Kier alpha value is -3.36. The lowest BCUT2D eigenvalue weighted by Crippen LogP contribution is -2.50. The van der Waals surface area contributed by atoms with Crippen molar-refractivity contribution >= 4 is 17.4 Å². The quantitative estimate of drug-likeness (QED) is 0.494. The second-order valence-electron chi connectivity index (χ2n) is 6.99. The van der Waals surface area contributed by atoms with Crippen molar-refractivity contribution in [2.75, 3.05) is 5.01 Å². The summed E-state index contributed by atoms with van der Waals surface area (Å²) in [5.41, 5.74) is 16.2. The fraction of sp³-hybridized carbons (Fsp3) is 0.227. The second kappa shape index (κ2) is 9.43. The Bertz CT molecular complexity index is 994. The van der Waals surface area contributed by atoms with Crippen LogP contribution in [-0.4, -0.2) is 28.0 Å². The predicted molar refractivity (Wildman–Crippen MR) is 115 cm³/mol. The highest BCUT2D eigenvalue weighted by molar-refractivity contribution is 5.92. The van der Waals surface area contributed by atoms with Crippen molar-refractivity contribution < 1.29 is 9.18 Å². The zero-order chi connectivity index (χ0) is 21.7. The Labute approximate surface area is 174 Å². The van der Waals surface area contributed by atoms with Crippen molar-refractivity contribution in [3.63, 3.8) is 0 Å². The monoisotopic (exact) mass is 408 g/mol. The molecule has 0 unspecified atom stereocenters. The molecule has 0 aliphatic heterocycles. The number of primary amides is 1. The Morgan fingerprint density at radius 2 is 1.90 bits per heavy atom. The number of carbonyl (C=O) groups excluding carboxylic acids is 1. The van der Waals surface area contributed by atoms with E-state index in [1.165, 1.54) is 23.6 Å². The van der Waals surface area contributed by atoms with E-state index in [0.29, 0.717) is 23.4 Å². The van der Waals surface area contributed by atoms with Crippen molar-refractivity contribution in [3.8, 4) is 11.1 Å². The SMILES string of the molecule is CC[C@@H](NN(c1ccc(C(N)=O)cn1)c1cncc(-c2ccccc2)c1F)[C@H](C)N. The molecule has 0 aliphatic carbocycles. The van der Waals surface area contributed by atoms with Crippen LogP contribution in [0.2, 0.25) is 0 Å². The van der Waals surface area contributed by atoms with Gasteiger partial charge in [0.05, 0.1) is 11.8 Å². The Morgan fingerprint density at radius 3 is 2.47 bits per heavy atom. The number of pyridine rings is 2. The van der Waals surface area contributed by atoms with Crippen molar-refractivity contribution in [1.29, 1.82) is 0 Å². The van der Waals surface area contributed by atoms with Crippen molar-refractivity contribution in [1.82, 2.24) is 15.4 Å². The fourth-order valence-electron chi connectivity index (χ4n) is 3.08. The lowest BCUT2D eigenvalue weighted by Gasteiger charge is -2.31. The number of hydrogen-bond donors (Lipinski definition) is 3. The summed E-state index contributed by atoms with van der Waals surface area (Å²) in [4.78, 5) is 19.9. The molecule has 2 atom stereocenters. The van der Waals surface area contributed by atoms with Gasteiger partial charge in [0.2, 0.25) is 5.91 Å². The molecule has 1 amide bonds. The summed E-state index contributed by atoms with van der Waals surface area (Å²) >= 11 is 0. The lowest BCUT2D eigenvalue weighted by molar-refractivity contribution is 0.1000. The smallest absolute Gasteiger partial charge is 0.250 e. The molecule has 0 bridgehead atoms. The van der Waals surface area contributed by atoms with Gasteiger partial charge in [0, 0.05) is 30.0 Å². The molecule has 0 spiro atoms. The van der Waals surface area contributed by atoms with Gasteiger partial charge in [-0.05, 0) is 31.0 Å². The number of hydrogen-bond acceptors (Lipinski definition) is 6. The summed E-state index contributed by atoms with van der Waals surface area (Å²) in [6.45, 7) is 3.86. The van der Waals surface area contributed by atoms with E-state index < -0.39 is 11.7 Å². The molecule has 0 fully saturated rings. The molecule has 3 rings (SSSR count). The molecule has 2 aromatic heterocycles. The van der Waals surface area contributed by atoms with Gasteiger partial charge >= 0.3 is 0 Å². The maximum Gasteiger partial charge on any atom is 0.250 e. The maximum atomic E-state index is 15.6. The fourth-order valence-corrected chi connectivity index (χ4v) is 3.08. The molecule has 5 N–H and O–H groups in total. The number of nitrogens with zero attached hydrogens (tertiary/aromatic N) is 3. The minimum Gasteiger partial charge on any atom is -0.366 e. The van der Waals surface area contributed by atoms with Gasteiger partial charge in [-0.15, -0.1) is 0 Å². The van der Waals surface area contributed by atoms with E-state index in [0.717, 1.165) is 0 Å². The topological polar surface area (TPSA) is 110 Å². The summed E-state index contributed by atoms with van der Waals surface area (Å²) in [6, 6.07) is 12.0. The van der Waals surface area contributed by atoms with Gasteiger partial charge in [-0.25, -0.2) is 14.8 Å². The van der Waals surface area contributed by atoms with Crippen molar-refractivity contribution in [2.24, 2.45) is 11.5 Å². The zero-order valence-electron chi connectivity index (χ0n) is 16.9. The third-order valence-electron chi connectivity index (χ3n) is 4.82. The summed E-state index contributed by atoms with van der Waals surface area (Å²) in [5.74, 6) is -0.663. The van der Waals surface area contributed by atoms with Gasteiger partial charge in [0.1, 0.15) is 11.5 Å². The highest BCUT2D eigenvalue weighted by Crippen LogP contribution is 2.31. The highest BCUT2D eigenvalue weighted by atomic mass is 19.1. The molecule has 0 radical (unpaired) electrons. The number of nitrogens with two attached hydrogens (primary N) is 2. The maximum absolute atomic E-state index is 15.6. The van der Waals surface area contributed by atoms with Gasteiger partial charge in [0.25, 0.3) is 0 Å². The van der Waals surface area contributed by atoms with Crippen LogP contribution in [-0.2, 0) is 0 Å². The number of carbonyl (C=O) groups is 1. The van der Waals surface area contributed by atoms with Crippen LogP contribution in [0.3, 0.4) is 0 Å². The van der Waals surface area contributed by atoms with Crippen LogP contribution in [0.4, 0.5) is 15.9 Å². The standard InChI is InChI=1S/C22H25FN6O/c1-3-18(14(2)24)28-29(20-10-9-16(11-27-20)22(25)30)19-13-26-12-17(21(19)23)15-7-5-4-6-8-15/h4-14,18,28H,3,24H2,1-2H3,(H2,25,30)/t14-,18+/m0/s1. The predicted octanol–water partition coefficient (Wildman–Crippen LogP) is 3.15. The van der Waals surface area contributed by atoms with E-state index >= 15 is 4.39 Å². The van der Waals surface area contributed by atoms with E-state index in [1.54, 1.807) is 12.1 Å². The van der Waals surface area contributed by atoms with Gasteiger partial charge in [0.15, 0.2) is 5.82 Å². The van der Waals surface area contributed by atoms with E-state index in [2.05, 4.69) is 15.4 Å². The molecule has 30 heavy (non-hydrogen) atoms. The third kappa shape index (κ3) is 4.61. The lowest BCUT2D eigenvalue weighted by atomic mass is 10.1. The Morgan fingerprint density at radius 1 is 1.17 bits per heavy atom. The first-order valence-corrected chi connectivity index (χ1v) is 9.69. The summed E-state index contributed by atoms with van der Waals surface area (Å²) in [7, 11) is 0. The van der Waals surface area contributed by atoms with Crippen LogP contribution in [0, 0.1) is 5.82 Å². The average Bonchev–Trinajstić information content (AvgIpc) is 2.75. The van der Waals surface area contributed by atoms with Crippen LogP contribution < -0.4 is 21.9 Å². The van der Waals surface area contributed by atoms with Gasteiger partial charge in [-0.1, -0.05) is 37.3 Å².